The van der Waals surface area contributed by atoms with Crippen molar-refractivity contribution in [1.29, 1.82) is 0 Å². The van der Waals surface area contributed by atoms with Crippen LogP contribution in [0.1, 0.15) is 26.7 Å². The fraction of sp³-hybridized carbons (Fsp3) is 0.529. The summed E-state index contributed by atoms with van der Waals surface area (Å²) in [6, 6.07) is 9.47. The van der Waals surface area contributed by atoms with Gasteiger partial charge in [0.15, 0.2) is 6.61 Å². The Morgan fingerprint density at radius 1 is 1.23 bits per heavy atom. The predicted octanol–water partition coefficient (Wildman–Crippen LogP) is 1.83. The Balaban J connectivity index is 1.74. The Morgan fingerprint density at radius 2 is 1.86 bits per heavy atom. The van der Waals surface area contributed by atoms with Crippen molar-refractivity contribution in [2.75, 3.05) is 19.7 Å². The Labute approximate surface area is 131 Å². The first kappa shape index (κ1) is 16.3. The van der Waals surface area contributed by atoms with Crippen LogP contribution in [-0.2, 0) is 9.59 Å². The molecule has 5 nitrogen and oxygen atoms in total. The molecule has 1 saturated heterocycles. The topological polar surface area (TPSA) is 58.6 Å². The molecule has 1 N–H and O–H groups in total. The molecule has 1 aromatic carbocycles. The minimum absolute atomic E-state index is 0.0153. The molecule has 0 atom stereocenters. The van der Waals surface area contributed by atoms with Crippen molar-refractivity contribution in [2.45, 2.75) is 32.7 Å². The third-order valence-corrected chi connectivity index (χ3v) is 3.75. The smallest absolute Gasteiger partial charge is 0.260 e. The van der Waals surface area contributed by atoms with Crippen LogP contribution in [0.4, 0.5) is 0 Å². The van der Waals surface area contributed by atoms with Gasteiger partial charge in [0.1, 0.15) is 5.75 Å². The summed E-state index contributed by atoms with van der Waals surface area (Å²) in [6.07, 6.45) is 1.44. The highest BCUT2D eigenvalue weighted by Gasteiger charge is 2.27. The second-order valence-electron chi connectivity index (χ2n) is 5.92. The minimum atomic E-state index is -0.0217. The molecule has 0 aliphatic carbocycles. The summed E-state index contributed by atoms with van der Waals surface area (Å²) in [5, 5.41) is 2.94. The molecule has 1 aliphatic rings. The van der Waals surface area contributed by atoms with Gasteiger partial charge < -0.3 is 15.0 Å². The molecule has 0 bridgehead atoms. The van der Waals surface area contributed by atoms with Gasteiger partial charge in [0, 0.05) is 25.0 Å². The first-order valence-electron chi connectivity index (χ1n) is 7.82. The van der Waals surface area contributed by atoms with E-state index in [0.29, 0.717) is 18.8 Å². The van der Waals surface area contributed by atoms with Gasteiger partial charge in [-0.05, 0) is 38.8 Å². The highest BCUT2D eigenvalue weighted by atomic mass is 16.5. The van der Waals surface area contributed by atoms with Crippen LogP contribution in [0, 0.1) is 5.92 Å². The Kier molecular flexibility index (Phi) is 5.81. The van der Waals surface area contributed by atoms with Gasteiger partial charge in [0.05, 0.1) is 0 Å². The van der Waals surface area contributed by atoms with E-state index in [1.54, 1.807) is 4.90 Å². The molecule has 120 valence electrons. The molecule has 5 heteroatoms. The average molecular weight is 304 g/mol. The number of nitrogens with one attached hydrogen (secondary N) is 1. The van der Waals surface area contributed by atoms with E-state index in [1.807, 2.05) is 44.2 Å². The Hall–Kier alpha value is -2.04. The van der Waals surface area contributed by atoms with Gasteiger partial charge in [0.25, 0.3) is 5.91 Å². The number of amides is 2. The fourth-order valence-electron chi connectivity index (χ4n) is 2.55. The molecule has 0 radical (unpaired) electrons. The zero-order chi connectivity index (χ0) is 15.9. The number of benzene rings is 1. The van der Waals surface area contributed by atoms with Crippen molar-refractivity contribution < 1.29 is 14.3 Å². The summed E-state index contributed by atoms with van der Waals surface area (Å²) in [5.41, 5.74) is 0. The zero-order valence-corrected chi connectivity index (χ0v) is 13.2. The SMILES string of the molecule is CC(C)NC(=O)C1CCN(C(=O)COc2ccccc2)CC1. The monoisotopic (exact) mass is 304 g/mol. The lowest BCUT2D eigenvalue weighted by atomic mass is 9.95. The maximum absolute atomic E-state index is 12.1. The maximum atomic E-state index is 12.1. The number of para-hydroxylation sites is 1. The molecule has 0 aromatic heterocycles. The van der Waals surface area contributed by atoms with E-state index < -0.39 is 0 Å². The second kappa shape index (κ2) is 7.82. The van der Waals surface area contributed by atoms with Crippen LogP contribution in [0.15, 0.2) is 30.3 Å². The molecule has 2 rings (SSSR count). The molecule has 22 heavy (non-hydrogen) atoms. The summed E-state index contributed by atoms with van der Waals surface area (Å²) in [7, 11) is 0. The number of piperidine rings is 1. The third kappa shape index (κ3) is 4.76. The second-order valence-corrected chi connectivity index (χ2v) is 5.92. The van der Waals surface area contributed by atoms with E-state index in [2.05, 4.69) is 5.32 Å². The Morgan fingerprint density at radius 3 is 2.45 bits per heavy atom. The van der Waals surface area contributed by atoms with Gasteiger partial charge in [-0.3, -0.25) is 9.59 Å². The molecular formula is C17H24N2O3. The highest BCUT2D eigenvalue weighted by molar-refractivity contribution is 5.80. The molecule has 1 fully saturated rings. The van der Waals surface area contributed by atoms with E-state index in [0.717, 1.165) is 12.8 Å². The minimum Gasteiger partial charge on any atom is -0.484 e. The van der Waals surface area contributed by atoms with Crippen molar-refractivity contribution in [2.24, 2.45) is 5.92 Å². The number of hydrogen-bond acceptors (Lipinski definition) is 3. The summed E-state index contributed by atoms with van der Waals surface area (Å²) in [5.74, 6) is 0.790. The first-order chi connectivity index (χ1) is 10.6. The normalized spacial score (nSPS) is 15.7. The molecule has 0 saturated carbocycles. The molecule has 1 heterocycles. The van der Waals surface area contributed by atoms with Gasteiger partial charge >= 0.3 is 0 Å². The average Bonchev–Trinajstić information content (AvgIpc) is 2.53. The van der Waals surface area contributed by atoms with Crippen LogP contribution in [0.2, 0.25) is 0 Å². The molecule has 0 unspecified atom stereocenters. The van der Waals surface area contributed by atoms with Crippen molar-refractivity contribution in [3.63, 3.8) is 0 Å². The summed E-state index contributed by atoms with van der Waals surface area (Å²) < 4.78 is 5.48. The van der Waals surface area contributed by atoms with Gasteiger partial charge in [-0.2, -0.15) is 0 Å². The van der Waals surface area contributed by atoms with Crippen LogP contribution in [-0.4, -0.2) is 42.5 Å². The third-order valence-electron chi connectivity index (χ3n) is 3.75. The standard InChI is InChI=1S/C17H24N2O3/c1-13(2)18-17(21)14-8-10-19(11-9-14)16(20)12-22-15-6-4-3-5-7-15/h3-7,13-14H,8-12H2,1-2H3,(H,18,21). The van der Waals surface area contributed by atoms with E-state index in [-0.39, 0.29) is 30.4 Å². The van der Waals surface area contributed by atoms with E-state index >= 15 is 0 Å². The molecular weight excluding hydrogens is 280 g/mol. The number of carbonyl (C=O) groups excluding carboxylic acids is 2. The fourth-order valence-corrected chi connectivity index (χ4v) is 2.55. The quantitative estimate of drug-likeness (QED) is 0.903. The van der Waals surface area contributed by atoms with E-state index in [4.69, 9.17) is 4.74 Å². The van der Waals surface area contributed by atoms with Crippen molar-refractivity contribution in [3.05, 3.63) is 30.3 Å². The van der Waals surface area contributed by atoms with E-state index in [1.165, 1.54) is 0 Å². The number of carbonyl (C=O) groups is 2. The summed E-state index contributed by atoms with van der Waals surface area (Å²) in [6.45, 7) is 5.20. The van der Waals surface area contributed by atoms with Crippen molar-refractivity contribution in [1.82, 2.24) is 10.2 Å². The molecule has 2 amide bonds. The van der Waals surface area contributed by atoms with Gasteiger partial charge in [-0.25, -0.2) is 0 Å². The van der Waals surface area contributed by atoms with Crippen molar-refractivity contribution >= 4 is 11.8 Å². The number of likely N-dealkylation sites (tertiary alicyclic amines) is 1. The zero-order valence-electron chi connectivity index (χ0n) is 13.2. The summed E-state index contributed by atoms with van der Waals surface area (Å²) >= 11 is 0. The lowest BCUT2D eigenvalue weighted by molar-refractivity contribution is -0.137. The lowest BCUT2D eigenvalue weighted by Gasteiger charge is -2.31. The Bertz CT molecular complexity index is 494. The maximum Gasteiger partial charge on any atom is 0.260 e. The van der Waals surface area contributed by atoms with Crippen LogP contribution in [0.3, 0.4) is 0 Å². The number of nitrogens with zero attached hydrogens (tertiary/aromatic N) is 1. The van der Waals surface area contributed by atoms with Gasteiger partial charge in [-0.15, -0.1) is 0 Å². The van der Waals surface area contributed by atoms with Gasteiger partial charge in [0.2, 0.25) is 5.91 Å². The highest BCUT2D eigenvalue weighted by Crippen LogP contribution is 2.18. The number of hydrogen-bond donors (Lipinski definition) is 1. The van der Waals surface area contributed by atoms with Crippen LogP contribution in [0.25, 0.3) is 0 Å². The first-order valence-corrected chi connectivity index (χ1v) is 7.82. The lowest BCUT2D eigenvalue weighted by Crippen LogP contribution is -2.45. The van der Waals surface area contributed by atoms with E-state index in [9.17, 15) is 9.59 Å². The van der Waals surface area contributed by atoms with Crippen LogP contribution in [0.5, 0.6) is 5.75 Å². The van der Waals surface area contributed by atoms with Gasteiger partial charge in [-0.1, -0.05) is 18.2 Å². The van der Waals surface area contributed by atoms with Crippen molar-refractivity contribution in [3.8, 4) is 5.75 Å². The molecule has 1 aliphatic heterocycles. The largest absolute Gasteiger partial charge is 0.484 e. The van der Waals surface area contributed by atoms with Crippen LogP contribution >= 0.6 is 0 Å². The van der Waals surface area contributed by atoms with Crippen LogP contribution < -0.4 is 10.1 Å². The summed E-state index contributed by atoms with van der Waals surface area (Å²) in [4.78, 5) is 25.9. The predicted molar refractivity (Wildman–Crippen MR) is 84.5 cm³/mol. The number of ether oxygens (including phenoxy) is 1. The molecule has 0 spiro atoms. The number of rotatable bonds is 5. The molecule has 1 aromatic rings.